The summed E-state index contributed by atoms with van der Waals surface area (Å²) in [6.07, 6.45) is 2.05. The zero-order chi connectivity index (χ0) is 14.9. The van der Waals surface area contributed by atoms with E-state index in [0.29, 0.717) is 0 Å². The lowest BCUT2D eigenvalue weighted by atomic mass is 10.1. The number of hydrogen-bond acceptors (Lipinski definition) is 4. The van der Waals surface area contributed by atoms with Crippen LogP contribution in [-0.2, 0) is 4.74 Å². The van der Waals surface area contributed by atoms with Crippen LogP contribution in [0.2, 0.25) is 0 Å². The molecule has 22 heavy (non-hydrogen) atoms. The Kier molecular flexibility index (Phi) is 3.86. The van der Waals surface area contributed by atoms with Gasteiger partial charge in [0.15, 0.2) is 0 Å². The minimum atomic E-state index is 0.157. The highest BCUT2D eigenvalue weighted by Crippen LogP contribution is 2.33. The Morgan fingerprint density at radius 1 is 1.27 bits per heavy atom. The molecule has 1 aliphatic heterocycles. The molecule has 0 spiro atoms. The van der Waals surface area contributed by atoms with Gasteiger partial charge >= 0.3 is 0 Å². The number of morpholine rings is 1. The Labute approximate surface area is 141 Å². The molecule has 4 rings (SSSR count). The molecule has 3 aromatic rings. The highest BCUT2D eigenvalue weighted by Gasteiger charge is 2.24. The van der Waals surface area contributed by atoms with Crippen LogP contribution in [0.1, 0.15) is 11.0 Å². The summed E-state index contributed by atoms with van der Waals surface area (Å²) in [6.45, 7) is 2.54. The van der Waals surface area contributed by atoms with Crippen LogP contribution in [0.4, 0.5) is 5.69 Å². The third-order valence-electron chi connectivity index (χ3n) is 3.95. The van der Waals surface area contributed by atoms with Gasteiger partial charge in [-0.05, 0) is 35.7 Å². The fourth-order valence-electron chi connectivity index (χ4n) is 2.89. The van der Waals surface area contributed by atoms with Gasteiger partial charge in [-0.2, -0.15) is 0 Å². The van der Waals surface area contributed by atoms with E-state index in [0.717, 1.165) is 29.7 Å². The number of halogens is 1. The summed E-state index contributed by atoms with van der Waals surface area (Å²) in [4.78, 5) is 8.17. The molecule has 3 heterocycles. The van der Waals surface area contributed by atoms with Crippen LogP contribution in [0.3, 0.4) is 0 Å². The van der Waals surface area contributed by atoms with E-state index >= 15 is 0 Å². The molecule has 1 saturated heterocycles. The molecule has 0 N–H and O–H groups in total. The van der Waals surface area contributed by atoms with E-state index in [-0.39, 0.29) is 6.10 Å². The molecular weight excluding hydrogens is 360 g/mol. The first-order valence-corrected chi connectivity index (χ1v) is 8.93. The van der Waals surface area contributed by atoms with Gasteiger partial charge in [0, 0.05) is 39.7 Å². The third-order valence-corrected chi connectivity index (χ3v) is 5.41. The van der Waals surface area contributed by atoms with Crippen molar-refractivity contribution in [2.24, 2.45) is 0 Å². The first-order chi connectivity index (χ1) is 10.8. The summed E-state index contributed by atoms with van der Waals surface area (Å²) >= 11 is 5.33. The molecule has 1 fully saturated rings. The Bertz CT molecular complexity index is 790. The lowest BCUT2D eigenvalue weighted by Gasteiger charge is -2.34. The smallest absolute Gasteiger partial charge is 0.109 e. The van der Waals surface area contributed by atoms with Gasteiger partial charge in [0.1, 0.15) is 6.10 Å². The first-order valence-electron chi connectivity index (χ1n) is 7.25. The Balaban J connectivity index is 1.70. The second-order valence-electron chi connectivity index (χ2n) is 5.31. The number of hydrogen-bond donors (Lipinski definition) is 0. The molecular formula is C17H15BrN2OS. The zero-order valence-electron chi connectivity index (χ0n) is 11.9. The van der Waals surface area contributed by atoms with Gasteiger partial charge in [-0.1, -0.05) is 22.0 Å². The van der Waals surface area contributed by atoms with Gasteiger partial charge in [-0.3, -0.25) is 4.98 Å². The molecule has 3 nitrogen and oxygen atoms in total. The number of rotatable bonds is 2. The fraction of sp³-hybridized carbons (Fsp3) is 0.235. The third kappa shape index (κ3) is 2.64. The van der Waals surface area contributed by atoms with Gasteiger partial charge in [0.05, 0.1) is 12.1 Å². The van der Waals surface area contributed by atoms with Gasteiger partial charge < -0.3 is 9.64 Å². The van der Waals surface area contributed by atoms with Crippen molar-refractivity contribution >= 4 is 43.9 Å². The average molecular weight is 375 g/mol. The summed E-state index contributed by atoms with van der Waals surface area (Å²) in [5.41, 5.74) is 2.26. The molecule has 2 aromatic heterocycles. The number of anilines is 1. The largest absolute Gasteiger partial charge is 0.369 e. The van der Waals surface area contributed by atoms with Crippen molar-refractivity contribution in [3.05, 3.63) is 57.3 Å². The number of ether oxygens (including phenoxy) is 1. The number of aromatic nitrogens is 1. The molecule has 1 unspecified atom stereocenters. The minimum absolute atomic E-state index is 0.157. The van der Waals surface area contributed by atoms with Gasteiger partial charge in [0.25, 0.3) is 0 Å². The van der Waals surface area contributed by atoms with E-state index in [9.17, 15) is 0 Å². The van der Waals surface area contributed by atoms with Crippen molar-refractivity contribution in [1.29, 1.82) is 0 Å². The van der Waals surface area contributed by atoms with Crippen LogP contribution in [0.25, 0.3) is 10.9 Å². The summed E-state index contributed by atoms with van der Waals surface area (Å²) in [6, 6.07) is 12.6. The highest BCUT2D eigenvalue weighted by molar-refractivity contribution is 9.10. The summed E-state index contributed by atoms with van der Waals surface area (Å²) in [5, 5.41) is 3.29. The normalized spacial score (nSPS) is 18.8. The molecule has 5 heteroatoms. The van der Waals surface area contributed by atoms with Crippen LogP contribution in [0.15, 0.2) is 52.4 Å². The van der Waals surface area contributed by atoms with Crippen molar-refractivity contribution in [1.82, 2.24) is 4.98 Å². The predicted molar refractivity (Wildman–Crippen MR) is 94.7 cm³/mol. The quantitative estimate of drug-likeness (QED) is 0.653. The standard InChI is InChI=1S/C17H15BrN2OS/c18-12-3-4-14-13(10-12)15(5-6-19-14)20-7-8-21-16(11-20)17-2-1-9-22-17/h1-6,9-10,16H,7-8,11H2. The molecule has 1 aromatic carbocycles. The maximum absolute atomic E-state index is 5.95. The van der Waals surface area contributed by atoms with E-state index in [1.165, 1.54) is 16.0 Å². The Hall–Kier alpha value is -1.43. The van der Waals surface area contributed by atoms with Crippen molar-refractivity contribution in [3.8, 4) is 0 Å². The lowest BCUT2D eigenvalue weighted by Crippen LogP contribution is -2.38. The molecule has 112 valence electrons. The van der Waals surface area contributed by atoms with Crippen LogP contribution < -0.4 is 4.90 Å². The van der Waals surface area contributed by atoms with Crippen molar-refractivity contribution in [2.75, 3.05) is 24.6 Å². The van der Waals surface area contributed by atoms with Crippen LogP contribution in [0.5, 0.6) is 0 Å². The maximum atomic E-state index is 5.95. The number of nitrogens with zero attached hydrogens (tertiary/aromatic N) is 2. The highest BCUT2D eigenvalue weighted by atomic mass is 79.9. The van der Waals surface area contributed by atoms with Gasteiger partial charge in [0.2, 0.25) is 0 Å². The van der Waals surface area contributed by atoms with E-state index in [4.69, 9.17) is 4.74 Å². The monoisotopic (exact) mass is 374 g/mol. The summed E-state index contributed by atoms with van der Waals surface area (Å²) < 4.78 is 7.03. The van der Waals surface area contributed by atoms with Crippen LogP contribution >= 0.6 is 27.3 Å². The van der Waals surface area contributed by atoms with Crippen molar-refractivity contribution in [3.63, 3.8) is 0 Å². The number of thiophene rings is 1. The van der Waals surface area contributed by atoms with E-state index in [1.54, 1.807) is 11.3 Å². The summed E-state index contributed by atoms with van der Waals surface area (Å²) in [7, 11) is 0. The van der Waals surface area contributed by atoms with E-state index in [2.05, 4.69) is 61.5 Å². The molecule has 1 atom stereocenters. The number of fused-ring (bicyclic) bond motifs is 1. The first kappa shape index (κ1) is 14.2. The molecule has 0 aliphatic carbocycles. The molecule has 0 bridgehead atoms. The van der Waals surface area contributed by atoms with Crippen molar-refractivity contribution < 1.29 is 4.74 Å². The van der Waals surface area contributed by atoms with Gasteiger partial charge in [-0.25, -0.2) is 0 Å². The minimum Gasteiger partial charge on any atom is -0.369 e. The second kappa shape index (κ2) is 5.99. The molecule has 0 amide bonds. The number of benzene rings is 1. The molecule has 0 saturated carbocycles. The van der Waals surface area contributed by atoms with E-state index < -0.39 is 0 Å². The Morgan fingerprint density at radius 3 is 3.09 bits per heavy atom. The van der Waals surface area contributed by atoms with Crippen molar-refractivity contribution in [2.45, 2.75) is 6.10 Å². The SMILES string of the molecule is Brc1ccc2nccc(N3CCOC(c4cccs4)C3)c2c1. The lowest BCUT2D eigenvalue weighted by molar-refractivity contribution is 0.0422. The topological polar surface area (TPSA) is 25.4 Å². The van der Waals surface area contributed by atoms with Crippen LogP contribution in [0, 0.1) is 0 Å². The summed E-state index contributed by atoms with van der Waals surface area (Å²) in [5.74, 6) is 0. The number of pyridine rings is 1. The van der Waals surface area contributed by atoms with E-state index in [1.807, 2.05) is 12.3 Å². The maximum Gasteiger partial charge on any atom is 0.109 e. The van der Waals surface area contributed by atoms with Crippen LogP contribution in [-0.4, -0.2) is 24.7 Å². The average Bonchev–Trinajstić information content (AvgIpc) is 3.09. The van der Waals surface area contributed by atoms with Gasteiger partial charge in [-0.15, -0.1) is 11.3 Å². The zero-order valence-corrected chi connectivity index (χ0v) is 14.3. The fourth-order valence-corrected chi connectivity index (χ4v) is 4.02. The predicted octanol–water partition coefficient (Wildman–Crippen LogP) is 4.64. The Morgan fingerprint density at radius 2 is 2.23 bits per heavy atom. The molecule has 0 radical (unpaired) electrons. The molecule has 1 aliphatic rings. The second-order valence-corrected chi connectivity index (χ2v) is 7.21.